The van der Waals surface area contributed by atoms with Crippen molar-refractivity contribution in [1.82, 2.24) is 0 Å². The van der Waals surface area contributed by atoms with Crippen molar-refractivity contribution in [2.45, 2.75) is 19.4 Å². The van der Waals surface area contributed by atoms with Gasteiger partial charge in [0, 0.05) is 0 Å². The molecule has 0 aliphatic rings. The average molecular weight is 237 g/mol. The minimum Gasteiger partial charge on any atom is -0.493 e. The van der Waals surface area contributed by atoms with Crippen LogP contribution in [0.4, 0.5) is 8.78 Å². The second-order valence-corrected chi connectivity index (χ2v) is 4.03. The summed E-state index contributed by atoms with van der Waals surface area (Å²) in [5.74, 6) is -2.01. The Morgan fingerprint density at radius 1 is 1.40 bits per heavy atom. The van der Waals surface area contributed by atoms with Crippen molar-refractivity contribution in [2.75, 3.05) is 7.11 Å². The molecule has 15 heavy (non-hydrogen) atoms. The summed E-state index contributed by atoms with van der Waals surface area (Å²) in [5.41, 5.74) is -1.85. The third-order valence-corrected chi connectivity index (χ3v) is 2.22. The van der Waals surface area contributed by atoms with Gasteiger partial charge in [-0.25, -0.2) is 8.78 Å². The van der Waals surface area contributed by atoms with Crippen LogP contribution < -0.4 is 4.74 Å². The Bertz CT molecular complexity index is 386. The molecule has 0 heterocycles. The van der Waals surface area contributed by atoms with Crippen LogP contribution in [0.2, 0.25) is 5.02 Å². The standard InChI is InChI=1S/C10H11ClF2O2/c1-10(2,14)7-8(13)5(11)4-6(12)9(7)15-3/h4,14H,1-3H3. The third kappa shape index (κ3) is 2.21. The molecule has 84 valence electrons. The molecule has 0 unspecified atom stereocenters. The van der Waals surface area contributed by atoms with Crippen LogP contribution in [0.15, 0.2) is 6.07 Å². The van der Waals surface area contributed by atoms with E-state index in [0.717, 1.165) is 6.07 Å². The normalized spacial score (nSPS) is 11.7. The molecule has 0 saturated heterocycles. The largest absolute Gasteiger partial charge is 0.493 e. The maximum Gasteiger partial charge on any atom is 0.167 e. The molecular weight excluding hydrogens is 226 g/mol. The lowest BCUT2D eigenvalue weighted by Crippen LogP contribution is -2.20. The van der Waals surface area contributed by atoms with Gasteiger partial charge in [-0.1, -0.05) is 11.6 Å². The van der Waals surface area contributed by atoms with E-state index in [1.54, 1.807) is 0 Å². The zero-order valence-electron chi connectivity index (χ0n) is 8.57. The smallest absolute Gasteiger partial charge is 0.167 e. The number of benzene rings is 1. The van der Waals surface area contributed by atoms with Crippen molar-refractivity contribution in [3.05, 3.63) is 28.3 Å². The van der Waals surface area contributed by atoms with Crippen LogP contribution in [0.5, 0.6) is 5.75 Å². The highest BCUT2D eigenvalue weighted by Gasteiger charge is 2.29. The highest BCUT2D eigenvalue weighted by molar-refractivity contribution is 6.30. The minimum absolute atomic E-state index is 0.282. The summed E-state index contributed by atoms with van der Waals surface area (Å²) in [6.45, 7) is 2.65. The van der Waals surface area contributed by atoms with Crippen LogP contribution in [0.3, 0.4) is 0 Å². The number of methoxy groups -OCH3 is 1. The van der Waals surface area contributed by atoms with Crippen molar-refractivity contribution < 1.29 is 18.6 Å². The molecule has 0 atom stereocenters. The first-order valence-electron chi connectivity index (χ1n) is 4.23. The van der Waals surface area contributed by atoms with E-state index in [4.69, 9.17) is 16.3 Å². The minimum atomic E-state index is -1.57. The fourth-order valence-electron chi connectivity index (χ4n) is 1.32. The molecule has 0 spiro atoms. The van der Waals surface area contributed by atoms with Crippen molar-refractivity contribution >= 4 is 11.6 Å². The zero-order valence-corrected chi connectivity index (χ0v) is 9.32. The lowest BCUT2D eigenvalue weighted by molar-refractivity contribution is 0.0707. The predicted molar refractivity (Wildman–Crippen MR) is 53.2 cm³/mol. The van der Waals surface area contributed by atoms with E-state index in [1.807, 2.05) is 0 Å². The van der Waals surface area contributed by atoms with E-state index < -0.39 is 17.2 Å². The Morgan fingerprint density at radius 2 is 1.93 bits per heavy atom. The van der Waals surface area contributed by atoms with E-state index in [2.05, 4.69) is 0 Å². The van der Waals surface area contributed by atoms with Crippen LogP contribution in [-0.2, 0) is 5.60 Å². The molecule has 2 nitrogen and oxygen atoms in total. The predicted octanol–water partition coefficient (Wildman–Crippen LogP) is 2.85. The second kappa shape index (κ2) is 3.94. The second-order valence-electron chi connectivity index (χ2n) is 3.62. The first kappa shape index (κ1) is 12.2. The maximum atomic E-state index is 13.6. The molecule has 1 rings (SSSR count). The van der Waals surface area contributed by atoms with Gasteiger partial charge in [-0.3, -0.25) is 0 Å². The number of hydrogen-bond acceptors (Lipinski definition) is 2. The fourth-order valence-corrected chi connectivity index (χ4v) is 1.51. The molecule has 0 amide bonds. The van der Waals surface area contributed by atoms with Crippen LogP contribution in [0.25, 0.3) is 0 Å². The average Bonchev–Trinajstić information content (AvgIpc) is 2.08. The summed E-state index contributed by atoms with van der Waals surface area (Å²) in [5, 5.41) is 9.30. The number of ether oxygens (including phenoxy) is 1. The third-order valence-electron chi connectivity index (χ3n) is 1.94. The first-order chi connectivity index (χ1) is 6.79. The lowest BCUT2D eigenvalue weighted by atomic mass is 9.96. The molecule has 0 aromatic heterocycles. The van der Waals surface area contributed by atoms with Crippen LogP contribution in [0.1, 0.15) is 19.4 Å². The highest BCUT2D eigenvalue weighted by atomic mass is 35.5. The zero-order chi connectivity index (χ0) is 11.8. The Morgan fingerprint density at radius 3 is 2.33 bits per heavy atom. The van der Waals surface area contributed by atoms with Gasteiger partial charge in [-0.15, -0.1) is 0 Å². The number of aliphatic hydroxyl groups is 1. The summed E-state index contributed by atoms with van der Waals surface area (Å²) in [6, 6.07) is 0.810. The lowest BCUT2D eigenvalue weighted by Gasteiger charge is -2.22. The van der Waals surface area contributed by atoms with Gasteiger partial charge in [0.2, 0.25) is 0 Å². The topological polar surface area (TPSA) is 29.5 Å². The Labute approximate surface area is 91.4 Å². The molecule has 1 N–H and O–H groups in total. The van der Waals surface area contributed by atoms with E-state index in [9.17, 15) is 13.9 Å². The molecule has 0 radical (unpaired) electrons. The van der Waals surface area contributed by atoms with Crippen LogP contribution in [0, 0.1) is 11.6 Å². The van der Waals surface area contributed by atoms with E-state index in [1.165, 1.54) is 21.0 Å². The summed E-state index contributed by atoms with van der Waals surface area (Å²) < 4.78 is 31.6. The summed E-state index contributed by atoms with van der Waals surface area (Å²) in [6.07, 6.45) is 0. The highest BCUT2D eigenvalue weighted by Crippen LogP contribution is 2.37. The molecule has 5 heteroatoms. The van der Waals surface area contributed by atoms with Gasteiger partial charge < -0.3 is 9.84 Å². The molecular formula is C10H11ClF2O2. The van der Waals surface area contributed by atoms with E-state index in [-0.39, 0.29) is 16.3 Å². The van der Waals surface area contributed by atoms with Crippen molar-refractivity contribution in [3.63, 3.8) is 0 Å². The van der Waals surface area contributed by atoms with Gasteiger partial charge in [0.05, 0.1) is 23.3 Å². The van der Waals surface area contributed by atoms with Crippen LogP contribution >= 0.6 is 11.6 Å². The first-order valence-corrected chi connectivity index (χ1v) is 4.61. The van der Waals surface area contributed by atoms with E-state index >= 15 is 0 Å². The van der Waals surface area contributed by atoms with Gasteiger partial charge in [0.25, 0.3) is 0 Å². The Kier molecular flexibility index (Phi) is 3.21. The van der Waals surface area contributed by atoms with Crippen molar-refractivity contribution in [3.8, 4) is 5.75 Å². The van der Waals surface area contributed by atoms with E-state index in [0.29, 0.717) is 0 Å². The fraction of sp³-hybridized carbons (Fsp3) is 0.400. The Balaban J connectivity index is 3.59. The molecule has 1 aromatic rings. The summed E-state index contributed by atoms with van der Waals surface area (Å²) >= 11 is 5.47. The number of rotatable bonds is 2. The van der Waals surface area contributed by atoms with Gasteiger partial charge in [0.15, 0.2) is 17.4 Å². The van der Waals surface area contributed by atoms with Crippen molar-refractivity contribution in [2.24, 2.45) is 0 Å². The number of halogens is 3. The SMILES string of the molecule is COc1c(F)cc(Cl)c(F)c1C(C)(C)O. The van der Waals surface area contributed by atoms with Crippen LogP contribution in [-0.4, -0.2) is 12.2 Å². The van der Waals surface area contributed by atoms with Gasteiger partial charge in [-0.05, 0) is 19.9 Å². The monoisotopic (exact) mass is 236 g/mol. The molecule has 0 aliphatic carbocycles. The quantitative estimate of drug-likeness (QED) is 0.800. The summed E-state index contributed by atoms with van der Waals surface area (Å²) in [7, 11) is 1.20. The van der Waals surface area contributed by atoms with Gasteiger partial charge in [0.1, 0.15) is 0 Å². The molecule has 0 fully saturated rings. The summed E-state index contributed by atoms with van der Waals surface area (Å²) in [4.78, 5) is 0. The van der Waals surface area contributed by atoms with Gasteiger partial charge >= 0.3 is 0 Å². The number of hydrogen-bond donors (Lipinski definition) is 1. The molecule has 1 aromatic carbocycles. The van der Waals surface area contributed by atoms with Crippen molar-refractivity contribution in [1.29, 1.82) is 0 Å². The maximum absolute atomic E-state index is 13.6. The molecule has 0 saturated carbocycles. The molecule has 0 aliphatic heterocycles. The Hall–Kier alpha value is -0.870. The molecule has 0 bridgehead atoms. The van der Waals surface area contributed by atoms with Gasteiger partial charge in [-0.2, -0.15) is 0 Å².